The maximum Gasteiger partial charge on any atom is 0.245 e. The molecule has 0 unspecified atom stereocenters. The summed E-state index contributed by atoms with van der Waals surface area (Å²) in [5.74, 6) is 0. The van der Waals surface area contributed by atoms with Gasteiger partial charge in [-0.25, -0.2) is 8.42 Å². The molecule has 1 fully saturated rings. The summed E-state index contributed by atoms with van der Waals surface area (Å²) in [5.41, 5.74) is 1.07. The van der Waals surface area contributed by atoms with Crippen molar-refractivity contribution >= 4 is 50.5 Å². The molecule has 0 amide bonds. The van der Waals surface area contributed by atoms with Crippen LogP contribution in [0.4, 0.5) is 5.69 Å². The molecule has 4 nitrogen and oxygen atoms in total. The van der Waals surface area contributed by atoms with Crippen LogP contribution in [0.5, 0.6) is 0 Å². The van der Waals surface area contributed by atoms with Crippen LogP contribution in [0.2, 0.25) is 15.1 Å². The summed E-state index contributed by atoms with van der Waals surface area (Å²) in [7, 11) is -3.65. The quantitative estimate of drug-likeness (QED) is 0.721. The van der Waals surface area contributed by atoms with Crippen molar-refractivity contribution in [3.05, 3.63) is 57.5 Å². The van der Waals surface area contributed by atoms with E-state index in [1.54, 1.807) is 6.07 Å². The number of nitrogens with zero attached hydrogens (tertiary/aromatic N) is 1. The van der Waals surface area contributed by atoms with Crippen LogP contribution in [0.3, 0.4) is 0 Å². The molecule has 3 rings (SSSR count). The number of halogens is 4. The van der Waals surface area contributed by atoms with Crippen LogP contribution in [-0.2, 0) is 10.0 Å². The van der Waals surface area contributed by atoms with Gasteiger partial charge in [-0.3, -0.25) is 0 Å². The van der Waals surface area contributed by atoms with Gasteiger partial charge in [0.15, 0.2) is 0 Å². The van der Waals surface area contributed by atoms with Crippen molar-refractivity contribution in [2.75, 3.05) is 26.2 Å². The molecule has 0 atom stereocenters. The molecule has 0 spiro atoms. The Morgan fingerprint density at radius 3 is 2.20 bits per heavy atom. The van der Waals surface area contributed by atoms with Crippen LogP contribution in [0.1, 0.15) is 0 Å². The standard InChI is InChI=1S/C16H15Cl3N2O2S.ClH/c17-12-2-1-3-14(10-12)20-6-8-21(9-7-20)24(22,23)16-11-13(18)4-5-15(16)19;/h1-5,10-11H,6-9H2;1H. The Balaban J connectivity index is 0.00000225. The first-order valence-electron chi connectivity index (χ1n) is 7.44. The number of hydrogen-bond donors (Lipinski definition) is 1. The number of hydrogen-bond acceptors (Lipinski definition) is 2. The topological polar surface area (TPSA) is 41.8 Å². The first-order chi connectivity index (χ1) is 11.4. The minimum absolute atomic E-state index is 0. The summed E-state index contributed by atoms with van der Waals surface area (Å²) in [6.07, 6.45) is 0. The first kappa shape index (κ1) is 20.8. The lowest BCUT2D eigenvalue weighted by Crippen LogP contribution is -3.10. The lowest BCUT2D eigenvalue weighted by molar-refractivity contribution is -0.837. The molecule has 1 heterocycles. The van der Waals surface area contributed by atoms with Gasteiger partial charge in [0.25, 0.3) is 0 Å². The van der Waals surface area contributed by atoms with Gasteiger partial charge in [-0.2, -0.15) is 4.31 Å². The summed E-state index contributed by atoms with van der Waals surface area (Å²) in [6, 6.07) is 12.1. The highest BCUT2D eigenvalue weighted by molar-refractivity contribution is 7.89. The van der Waals surface area contributed by atoms with Crippen molar-refractivity contribution in [2.45, 2.75) is 4.90 Å². The summed E-state index contributed by atoms with van der Waals surface area (Å²) < 4.78 is 27.1. The number of sulfonamides is 1. The van der Waals surface area contributed by atoms with E-state index >= 15 is 0 Å². The molecule has 1 aliphatic heterocycles. The maximum absolute atomic E-state index is 12.8. The highest BCUT2D eigenvalue weighted by Gasteiger charge is 2.32. The monoisotopic (exact) mass is 440 g/mol. The second-order valence-electron chi connectivity index (χ2n) is 5.59. The van der Waals surface area contributed by atoms with Gasteiger partial charge in [0.05, 0.1) is 31.2 Å². The van der Waals surface area contributed by atoms with E-state index in [4.69, 9.17) is 34.8 Å². The normalized spacial score (nSPS) is 16.4. The Morgan fingerprint density at radius 2 is 1.56 bits per heavy atom. The minimum atomic E-state index is -3.65. The van der Waals surface area contributed by atoms with Crippen molar-refractivity contribution in [2.24, 2.45) is 0 Å². The SMILES string of the molecule is O=S(=O)(c1cc(Cl)ccc1Cl)N1CC[NH+](c2cccc(Cl)c2)CC1.[Cl-]. The van der Waals surface area contributed by atoms with Gasteiger partial charge in [0, 0.05) is 16.1 Å². The highest BCUT2D eigenvalue weighted by Crippen LogP contribution is 2.27. The average Bonchev–Trinajstić information content (AvgIpc) is 2.57. The molecule has 0 aromatic heterocycles. The molecule has 0 saturated carbocycles. The van der Waals surface area contributed by atoms with Crippen LogP contribution >= 0.6 is 34.8 Å². The van der Waals surface area contributed by atoms with E-state index in [0.29, 0.717) is 36.2 Å². The molecule has 1 saturated heterocycles. The van der Waals surface area contributed by atoms with Crippen molar-refractivity contribution in [1.29, 1.82) is 0 Å². The van der Waals surface area contributed by atoms with Gasteiger partial charge in [0.2, 0.25) is 10.0 Å². The summed E-state index contributed by atoms with van der Waals surface area (Å²) >= 11 is 18.0. The summed E-state index contributed by atoms with van der Waals surface area (Å²) in [5, 5.41) is 1.21. The van der Waals surface area contributed by atoms with E-state index < -0.39 is 10.0 Å². The minimum Gasteiger partial charge on any atom is -1.00 e. The number of rotatable bonds is 3. The molecule has 0 radical (unpaired) electrons. The molecule has 2 aromatic rings. The van der Waals surface area contributed by atoms with Crippen LogP contribution < -0.4 is 17.3 Å². The Hall–Kier alpha value is -0.530. The molecule has 25 heavy (non-hydrogen) atoms. The molecular formula is C16H16Cl4N2O2S. The zero-order valence-corrected chi connectivity index (χ0v) is 16.9. The number of piperazine rings is 1. The fraction of sp³-hybridized carbons (Fsp3) is 0.250. The largest absolute Gasteiger partial charge is 1.00 e. The van der Waals surface area contributed by atoms with Crippen molar-refractivity contribution in [1.82, 2.24) is 4.31 Å². The second kappa shape index (κ2) is 8.44. The molecule has 1 N–H and O–H groups in total. The van der Waals surface area contributed by atoms with Gasteiger partial charge < -0.3 is 17.3 Å². The molecule has 9 heteroatoms. The van der Waals surface area contributed by atoms with Crippen LogP contribution in [0.15, 0.2) is 47.4 Å². The lowest BCUT2D eigenvalue weighted by Gasteiger charge is -2.31. The Bertz CT molecular complexity index is 853. The molecule has 0 bridgehead atoms. The third-order valence-corrected chi connectivity index (χ3v) is 6.92. The first-order valence-corrected chi connectivity index (χ1v) is 10.0. The second-order valence-corrected chi connectivity index (χ2v) is 8.78. The van der Waals surface area contributed by atoms with Gasteiger partial charge in [-0.1, -0.05) is 40.9 Å². The molecule has 2 aromatic carbocycles. The van der Waals surface area contributed by atoms with Crippen molar-refractivity contribution in [3.63, 3.8) is 0 Å². The van der Waals surface area contributed by atoms with E-state index in [1.165, 1.54) is 21.3 Å². The molecule has 0 aliphatic carbocycles. The molecule has 1 aliphatic rings. The Morgan fingerprint density at radius 1 is 0.920 bits per heavy atom. The fourth-order valence-electron chi connectivity index (χ4n) is 2.81. The van der Waals surface area contributed by atoms with Crippen molar-refractivity contribution < 1.29 is 25.7 Å². The van der Waals surface area contributed by atoms with Gasteiger partial charge in [-0.05, 0) is 30.3 Å². The lowest BCUT2D eigenvalue weighted by atomic mass is 10.2. The fourth-order valence-corrected chi connectivity index (χ4v) is 5.18. The molecular weight excluding hydrogens is 426 g/mol. The third kappa shape index (κ3) is 4.61. The van der Waals surface area contributed by atoms with E-state index in [9.17, 15) is 8.42 Å². The number of benzene rings is 2. The highest BCUT2D eigenvalue weighted by atomic mass is 35.5. The van der Waals surface area contributed by atoms with Gasteiger partial charge in [0.1, 0.15) is 10.6 Å². The summed E-state index contributed by atoms with van der Waals surface area (Å²) in [6.45, 7) is 2.15. The third-order valence-electron chi connectivity index (χ3n) is 4.07. The van der Waals surface area contributed by atoms with E-state index in [1.807, 2.05) is 24.3 Å². The van der Waals surface area contributed by atoms with E-state index in [2.05, 4.69) is 0 Å². The predicted molar refractivity (Wildman–Crippen MR) is 97.0 cm³/mol. The van der Waals surface area contributed by atoms with Crippen molar-refractivity contribution in [3.8, 4) is 0 Å². The van der Waals surface area contributed by atoms with Crippen LogP contribution in [0.25, 0.3) is 0 Å². The van der Waals surface area contributed by atoms with Gasteiger partial charge in [-0.15, -0.1) is 0 Å². The predicted octanol–water partition coefficient (Wildman–Crippen LogP) is -0.128. The smallest absolute Gasteiger partial charge is 0.245 e. The van der Waals surface area contributed by atoms with Gasteiger partial charge >= 0.3 is 0 Å². The van der Waals surface area contributed by atoms with Crippen LogP contribution in [-0.4, -0.2) is 38.9 Å². The number of nitrogens with one attached hydrogen (secondary N) is 1. The average molecular weight is 442 g/mol. The summed E-state index contributed by atoms with van der Waals surface area (Å²) in [4.78, 5) is 1.27. The Kier molecular flexibility index (Phi) is 7.01. The Labute approximate surface area is 168 Å². The number of quaternary nitrogens is 1. The van der Waals surface area contributed by atoms with E-state index in [0.717, 1.165) is 5.69 Å². The van der Waals surface area contributed by atoms with Crippen LogP contribution in [0, 0.1) is 0 Å². The molecule has 136 valence electrons. The zero-order valence-electron chi connectivity index (χ0n) is 13.1. The van der Waals surface area contributed by atoms with E-state index in [-0.39, 0.29) is 22.3 Å². The maximum atomic E-state index is 12.8. The zero-order chi connectivity index (χ0) is 17.3.